The summed E-state index contributed by atoms with van der Waals surface area (Å²) in [6.45, 7) is 7.96. The first-order chi connectivity index (χ1) is 6.43. The Morgan fingerprint density at radius 1 is 0.786 bits per heavy atom. The van der Waals surface area contributed by atoms with Gasteiger partial charge in [-0.1, -0.05) is 13.8 Å². The van der Waals surface area contributed by atoms with Gasteiger partial charge < -0.3 is 4.90 Å². The Kier molecular flexibility index (Phi) is 0.994. The number of likely N-dealkylation sites (tertiary alicyclic amines) is 1. The molecule has 1 heterocycles. The molecule has 0 atom stereocenters. The maximum Gasteiger partial charge on any atom is 0.00414 e. The highest BCUT2D eigenvalue weighted by Crippen LogP contribution is 2.87. The van der Waals surface area contributed by atoms with Crippen molar-refractivity contribution in [3.8, 4) is 0 Å². The van der Waals surface area contributed by atoms with Gasteiger partial charge in [0.05, 0.1) is 0 Å². The molecule has 0 amide bonds. The minimum Gasteiger partial charge on any atom is -0.305 e. The first-order valence-corrected chi connectivity index (χ1v) is 6.12. The fraction of sp³-hybridized carbons (Fsp3) is 1.00. The van der Waals surface area contributed by atoms with Crippen molar-refractivity contribution in [1.29, 1.82) is 0 Å². The highest BCUT2D eigenvalue weighted by Gasteiger charge is 2.81. The van der Waals surface area contributed by atoms with Gasteiger partial charge in [-0.3, -0.25) is 0 Å². The van der Waals surface area contributed by atoms with Gasteiger partial charge in [0, 0.05) is 13.1 Å². The van der Waals surface area contributed by atoms with Gasteiger partial charge in [0.2, 0.25) is 0 Å². The smallest absolute Gasteiger partial charge is 0.00414 e. The second-order valence-corrected chi connectivity index (χ2v) is 7.56. The van der Waals surface area contributed by atoms with Crippen molar-refractivity contribution in [2.75, 3.05) is 20.1 Å². The van der Waals surface area contributed by atoms with Crippen LogP contribution >= 0.6 is 0 Å². The van der Waals surface area contributed by atoms with E-state index in [1.807, 2.05) is 0 Å². The zero-order valence-corrected chi connectivity index (χ0v) is 9.69. The summed E-state index contributed by atoms with van der Waals surface area (Å²) in [6.07, 6.45) is 6.17. The molecule has 1 saturated heterocycles. The van der Waals surface area contributed by atoms with Crippen molar-refractivity contribution in [1.82, 2.24) is 4.90 Å². The fourth-order valence-corrected chi connectivity index (χ4v) is 6.49. The van der Waals surface area contributed by atoms with Gasteiger partial charge in [0.1, 0.15) is 0 Å². The lowest BCUT2D eigenvalue weighted by Gasteiger charge is -2.33. The summed E-state index contributed by atoms with van der Waals surface area (Å²) in [5.41, 5.74) is 2.94. The molecule has 1 aliphatic heterocycles. The van der Waals surface area contributed by atoms with Crippen LogP contribution in [0.1, 0.15) is 39.5 Å². The van der Waals surface area contributed by atoms with Crippen LogP contribution in [-0.2, 0) is 0 Å². The molecule has 2 spiro atoms. The zero-order chi connectivity index (χ0) is 9.82. The van der Waals surface area contributed by atoms with Crippen molar-refractivity contribution < 1.29 is 0 Å². The van der Waals surface area contributed by atoms with E-state index in [0.717, 1.165) is 10.8 Å². The van der Waals surface area contributed by atoms with Gasteiger partial charge >= 0.3 is 0 Å². The third kappa shape index (κ3) is 0.532. The third-order valence-corrected chi connectivity index (χ3v) is 6.64. The summed E-state index contributed by atoms with van der Waals surface area (Å²) in [7, 11) is 2.33. The SMILES string of the molecule is CN1CC23CC4(C)CC2(C1)CC4(C)C3. The molecule has 0 aromatic carbocycles. The summed E-state index contributed by atoms with van der Waals surface area (Å²) in [5, 5.41) is 0. The summed E-state index contributed by atoms with van der Waals surface area (Å²) in [5.74, 6) is 0. The predicted molar refractivity (Wildman–Crippen MR) is 57.0 cm³/mol. The Hall–Kier alpha value is -0.0400. The van der Waals surface area contributed by atoms with E-state index >= 15 is 0 Å². The molecule has 0 unspecified atom stereocenters. The van der Waals surface area contributed by atoms with Gasteiger partial charge in [-0.15, -0.1) is 0 Å². The van der Waals surface area contributed by atoms with Crippen molar-refractivity contribution in [3.63, 3.8) is 0 Å². The largest absolute Gasteiger partial charge is 0.305 e. The van der Waals surface area contributed by atoms with Crippen LogP contribution in [0.5, 0.6) is 0 Å². The Labute approximate surface area is 86.9 Å². The minimum atomic E-state index is 0.717. The van der Waals surface area contributed by atoms with Crippen molar-refractivity contribution >= 4 is 0 Å². The monoisotopic (exact) mass is 191 g/mol. The lowest BCUT2D eigenvalue weighted by atomic mass is 9.71. The molecule has 14 heavy (non-hydrogen) atoms. The zero-order valence-electron chi connectivity index (χ0n) is 9.69. The van der Waals surface area contributed by atoms with Gasteiger partial charge in [0.25, 0.3) is 0 Å². The molecule has 4 bridgehead atoms. The molecular formula is C13H21N. The van der Waals surface area contributed by atoms with Gasteiger partial charge in [-0.2, -0.15) is 0 Å². The van der Waals surface area contributed by atoms with E-state index in [4.69, 9.17) is 0 Å². The van der Waals surface area contributed by atoms with Crippen LogP contribution in [0.25, 0.3) is 0 Å². The summed E-state index contributed by atoms with van der Waals surface area (Å²) >= 11 is 0. The second-order valence-electron chi connectivity index (χ2n) is 7.56. The number of rotatable bonds is 0. The standard InChI is InChI=1S/C13H21N/c1-10-4-12-6-11(10,2)7-13(12,5-10)9-14(3)8-12/h4-9H2,1-3H3. The highest BCUT2D eigenvalue weighted by molar-refractivity contribution is 5.31. The van der Waals surface area contributed by atoms with E-state index in [9.17, 15) is 0 Å². The summed E-state index contributed by atoms with van der Waals surface area (Å²) in [4.78, 5) is 2.60. The van der Waals surface area contributed by atoms with E-state index in [2.05, 4.69) is 25.8 Å². The molecule has 4 saturated carbocycles. The van der Waals surface area contributed by atoms with Crippen LogP contribution in [0.15, 0.2) is 0 Å². The normalized spacial score (nSPS) is 69.6. The summed E-state index contributed by atoms with van der Waals surface area (Å²) in [6, 6.07) is 0. The van der Waals surface area contributed by atoms with E-state index < -0.39 is 0 Å². The molecular weight excluding hydrogens is 170 g/mol. The number of hydrogen-bond acceptors (Lipinski definition) is 1. The Bertz CT molecular complexity index is 286. The first kappa shape index (κ1) is 8.15. The van der Waals surface area contributed by atoms with Crippen molar-refractivity contribution in [2.24, 2.45) is 21.7 Å². The molecule has 0 radical (unpaired) electrons. The molecule has 5 rings (SSSR count). The van der Waals surface area contributed by atoms with Crippen LogP contribution in [0.4, 0.5) is 0 Å². The Morgan fingerprint density at radius 3 is 1.50 bits per heavy atom. The number of nitrogens with zero attached hydrogens (tertiary/aromatic N) is 1. The van der Waals surface area contributed by atoms with Gasteiger partial charge in [-0.25, -0.2) is 0 Å². The third-order valence-electron chi connectivity index (χ3n) is 6.64. The molecule has 78 valence electrons. The van der Waals surface area contributed by atoms with Crippen molar-refractivity contribution in [3.05, 3.63) is 0 Å². The molecule has 1 nitrogen and oxygen atoms in total. The molecule has 1 heteroatoms. The number of hydrogen-bond donors (Lipinski definition) is 0. The lowest BCUT2D eigenvalue weighted by Crippen LogP contribution is -2.30. The molecule has 4 aliphatic carbocycles. The summed E-state index contributed by atoms with van der Waals surface area (Å²) < 4.78 is 0. The van der Waals surface area contributed by atoms with E-state index in [-0.39, 0.29) is 0 Å². The Morgan fingerprint density at radius 2 is 1.14 bits per heavy atom. The fourth-order valence-electron chi connectivity index (χ4n) is 6.49. The maximum absolute atomic E-state index is 2.60. The van der Waals surface area contributed by atoms with Gasteiger partial charge in [-0.05, 0) is 54.4 Å². The maximum atomic E-state index is 2.60. The van der Waals surface area contributed by atoms with E-state index in [1.165, 1.54) is 13.1 Å². The van der Waals surface area contributed by atoms with E-state index in [1.54, 1.807) is 25.7 Å². The quantitative estimate of drug-likeness (QED) is 0.568. The van der Waals surface area contributed by atoms with Gasteiger partial charge in [0.15, 0.2) is 0 Å². The average Bonchev–Trinajstić information content (AvgIpc) is 2.47. The first-order valence-electron chi connectivity index (χ1n) is 6.12. The van der Waals surface area contributed by atoms with E-state index in [0.29, 0.717) is 10.8 Å². The highest BCUT2D eigenvalue weighted by atomic mass is 15.2. The predicted octanol–water partition coefficient (Wildman–Crippen LogP) is 2.52. The van der Waals surface area contributed by atoms with Crippen molar-refractivity contribution in [2.45, 2.75) is 39.5 Å². The topological polar surface area (TPSA) is 3.24 Å². The molecule has 5 aliphatic rings. The van der Waals surface area contributed by atoms with Crippen LogP contribution in [-0.4, -0.2) is 25.0 Å². The van der Waals surface area contributed by atoms with Crippen LogP contribution < -0.4 is 0 Å². The molecule has 0 N–H and O–H groups in total. The molecule has 0 aromatic rings. The van der Waals surface area contributed by atoms with Crippen LogP contribution in [0.3, 0.4) is 0 Å². The van der Waals surface area contributed by atoms with Crippen LogP contribution in [0.2, 0.25) is 0 Å². The minimum absolute atomic E-state index is 0.717. The average molecular weight is 191 g/mol. The molecule has 0 aromatic heterocycles. The van der Waals surface area contributed by atoms with Crippen LogP contribution in [0, 0.1) is 21.7 Å². The molecule has 5 fully saturated rings. The second kappa shape index (κ2) is 1.71. The Balaban J connectivity index is 1.93. The lowest BCUT2D eigenvalue weighted by molar-refractivity contribution is 0.157.